The van der Waals surface area contributed by atoms with Gasteiger partial charge < -0.3 is 5.32 Å². The minimum absolute atomic E-state index is 0.483. The van der Waals surface area contributed by atoms with Gasteiger partial charge in [-0.2, -0.15) is 31.6 Å². The van der Waals surface area contributed by atoms with Gasteiger partial charge >= 0.3 is 18.0 Å². The van der Waals surface area contributed by atoms with Crippen LogP contribution in [0.1, 0.15) is 5.56 Å². The van der Waals surface area contributed by atoms with Crippen LogP contribution < -0.4 is 5.32 Å². The third kappa shape index (κ3) is 3.21. The van der Waals surface area contributed by atoms with Gasteiger partial charge in [0.25, 0.3) is 11.6 Å². The van der Waals surface area contributed by atoms with E-state index in [1.54, 1.807) is 0 Å². The number of non-ortho nitro benzene ring substituents is 1. The number of carbonyl (C=O) groups excluding carboxylic acids is 1. The molecule has 0 spiro atoms. The smallest absolute Gasteiger partial charge is 0.321 e. The lowest BCUT2D eigenvalue weighted by Gasteiger charge is -2.28. The van der Waals surface area contributed by atoms with Gasteiger partial charge in [-0.15, -0.1) is 0 Å². The average Bonchev–Trinajstić information content (AvgIpc) is 2.43. The fraction of sp³-hybridized carbons (Fsp3) is 0.273. The number of benzene rings is 1. The van der Waals surface area contributed by atoms with E-state index >= 15 is 0 Å². The van der Waals surface area contributed by atoms with E-state index in [4.69, 9.17) is 5.26 Å². The first-order valence-corrected chi connectivity index (χ1v) is 5.58. The molecule has 0 aliphatic carbocycles. The molecule has 0 saturated carbocycles. The van der Waals surface area contributed by atoms with E-state index in [-0.39, 0.29) is 0 Å². The highest BCUT2D eigenvalue weighted by Crippen LogP contribution is 2.46. The number of nitriles is 1. The van der Waals surface area contributed by atoms with Crippen molar-refractivity contribution in [3.63, 3.8) is 0 Å². The zero-order valence-corrected chi connectivity index (χ0v) is 11.0. The maximum atomic E-state index is 13.5. The molecular formula is C11H4F7N3O3. The topological polar surface area (TPSA) is 96.0 Å². The number of nitrogens with one attached hydrogen (secondary N) is 1. The van der Waals surface area contributed by atoms with Gasteiger partial charge in [0.1, 0.15) is 6.07 Å². The van der Waals surface area contributed by atoms with Gasteiger partial charge in [0.15, 0.2) is 0 Å². The molecule has 0 aromatic heterocycles. The molecule has 1 aromatic rings. The van der Waals surface area contributed by atoms with E-state index in [1.165, 1.54) is 6.07 Å². The van der Waals surface area contributed by atoms with Crippen LogP contribution >= 0.6 is 0 Å². The molecule has 130 valence electrons. The Bertz CT molecular complexity index is 707. The number of amides is 1. The number of carbonyl (C=O) groups is 1. The first kappa shape index (κ1) is 19.1. The molecular weight excluding hydrogens is 355 g/mol. The number of nitrogens with zero attached hydrogens (tertiary/aromatic N) is 2. The van der Waals surface area contributed by atoms with Gasteiger partial charge in [-0.25, -0.2) is 4.39 Å². The molecule has 0 unspecified atom stereocenters. The monoisotopic (exact) mass is 359 g/mol. The number of halogens is 7. The summed E-state index contributed by atoms with van der Waals surface area (Å²) in [4.78, 5) is 20.7. The summed E-state index contributed by atoms with van der Waals surface area (Å²) in [5, 5.41) is 20.2. The zero-order chi connectivity index (χ0) is 18.9. The van der Waals surface area contributed by atoms with Crippen LogP contribution in [0.3, 0.4) is 0 Å². The molecule has 13 heteroatoms. The molecule has 1 amide bonds. The Morgan fingerprint density at radius 3 is 2.00 bits per heavy atom. The predicted molar refractivity (Wildman–Crippen MR) is 62.4 cm³/mol. The maximum absolute atomic E-state index is 13.5. The average molecular weight is 359 g/mol. The largest absolute Gasteiger partial charge is 0.441 e. The van der Waals surface area contributed by atoms with Crippen LogP contribution in [-0.2, 0) is 4.79 Å². The lowest BCUT2D eigenvalue weighted by molar-refractivity contribution is -0.384. The highest BCUT2D eigenvalue weighted by molar-refractivity contribution is 5.99. The molecule has 0 aliphatic rings. The Morgan fingerprint density at radius 2 is 1.62 bits per heavy atom. The summed E-state index contributed by atoms with van der Waals surface area (Å²) in [7, 11) is 0. The number of hydrogen-bond acceptors (Lipinski definition) is 4. The number of nitro groups is 1. The molecule has 0 aliphatic heterocycles. The van der Waals surface area contributed by atoms with Gasteiger partial charge in [0, 0.05) is 12.1 Å². The lowest BCUT2D eigenvalue weighted by Crippen LogP contribution is -2.61. The summed E-state index contributed by atoms with van der Waals surface area (Å²) in [5.74, 6) is -3.13. The summed E-state index contributed by atoms with van der Waals surface area (Å²) < 4.78 is 87.8. The fourth-order valence-corrected chi connectivity index (χ4v) is 1.47. The van der Waals surface area contributed by atoms with Crippen LogP contribution in [0.4, 0.5) is 42.1 Å². The van der Waals surface area contributed by atoms with Crippen molar-refractivity contribution < 1.29 is 40.5 Å². The second-order valence-corrected chi connectivity index (χ2v) is 4.21. The highest BCUT2D eigenvalue weighted by Gasteiger charge is 2.77. The minimum atomic E-state index is -6.62. The van der Waals surface area contributed by atoms with E-state index in [0.717, 1.165) is 5.32 Å². The standard InChI is InChI=1S/C11H4F7N3O3/c12-9(10(13,14)15,11(16,17)18)8(22)20-7-2-1-6(21(23)24)3-5(7)4-19/h1-3H,(H,20,22). The van der Waals surface area contributed by atoms with Crippen LogP contribution in [0.25, 0.3) is 0 Å². The van der Waals surface area contributed by atoms with E-state index < -0.39 is 45.8 Å². The Hall–Kier alpha value is -2.91. The molecule has 0 heterocycles. The maximum Gasteiger partial charge on any atom is 0.441 e. The Morgan fingerprint density at radius 1 is 1.12 bits per heavy atom. The summed E-state index contributed by atoms with van der Waals surface area (Å²) in [6.45, 7) is 0. The van der Waals surface area contributed by atoms with Crippen molar-refractivity contribution >= 4 is 17.3 Å². The number of alkyl halides is 7. The first-order valence-electron chi connectivity index (χ1n) is 5.58. The first-order chi connectivity index (χ1) is 10.8. The van der Waals surface area contributed by atoms with Crippen LogP contribution in [0.5, 0.6) is 0 Å². The summed E-state index contributed by atoms with van der Waals surface area (Å²) in [5.41, 5.74) is -8.73. The van der Waals surface area contributed by atoms with Crippen LogP contribution in [0.15, 0.2) is 18.2 Å². The van der Waals surface area contributed by atoms with Crippen LogP contribution in [0.2, 0.25) is 0 Å². The molecule has 1 aromatic carbocycles. The van der Waals surface area contributed by atoms with Gasteiger partial charge in [0.2, 0.25) is 0 Å². The van der Waals surface area contributed by atoms with Crippen molar-refractivity contribution in [3.8, 4) is 6.07 Å². The quantitative estimate of drug-likeness (QED) is 0.509. The van der Waals surface area contributed by atoms with Crippen molar-refractivity contribution in [2.24, 2.45) is 0 Å². The minimum Gasteiger partial charge on any atom is -0.321 e. The summed E-state index contributed by atoms with van der Waals surface area (Å²) >= 11 is 0. The lowest BCUT2D eigenvalue weighted by atomic mass is 10.0. The number of rotatable bonds is 3. The number of anilines is 1. The summed E-state index contributed by atoms with van der Waals surface area (Å²) in [6, 6.07) is 2.80. The van der Waals surface area contributed by atoms with Crippen molar-refractivity contribution in [1.29, 1.82) is 5.26 Å². The molecule has 24 heavy (non-hydrogen) atoms. The normalized spacial score (nSPS) is 12.4. The molecule has 0 fully saturated rings. The molecule has 1 N–H and O–H groups in total. The molecule has 6 nitrogen and oxygen atoms in total. The van der Waals surface area contributed by atoms with Gasteiger partial charge in [-0.1, -0.05) is 0 Å². The Labute approximate surface area is 127 Å². The number of nitro benzene ring substituents is 1. The SMILES string of the molecule is N#Cc1cc([N+](=O)[O-])ccc1NC(=O)C(F)(C(F)(F)F)C(F)(F)F. The van der Waals surface area contributed by atoms with Crippen LogP contribution in [0, 0.1) is 21.4 Å². The third-order valence-corrected chi connectivity index (χ3v) is 2.68. The molecule has 1 rings (SSSR count). The van der Waals surface area contributed by atoms with Crippen molar-refractivity contribution in [2.45, 2.75) is 18.0 Å². The predicted octanol–water partition coefficient (Wildman–Crippen LogP) is 3.24. The van der Waals surface area contributed by atoms with Gasteiger partial charge in [0.05, 0.1) is 16.2 Å². The summed E-state index contributed by atoms with van der Waals surface area (Å²) in [6.07, 6.45) is -13.2. The number of hydrogen-bond donors (Lipinski definition) is 1. The zero-order valence-electron chi connectivity index (χ0n) is 11.0. The van der Waals surface area contributed by atoms with Gasteiger partial charge in [-0.3, -0.25) is 14.9 Å². The molecule has 0 saturated heterocycles. The second kappa shape index (κ2) is 5.95. The third-order valence-electron chi connectivity index (χ3n) is 2.68. The van der Waals surface area contributed by atoms with E-state index in [9.17, 15) is 45.6 Å². The van der Waals surface area contributed by atoms with E-state index in [2.05, 4.69) is 0 Å². The Balaban J connectivity index is 3.32. The van der Waals surface area contributed by atoms with E-state index in [1.807, 2.05) is 0 Å². The van der Waals surface area contributed by atoms with Crippen LogP contribution in [-0.4, -0.2) is 28.9 Å². The van der Waals surface area contributed by atoms with E-state index in [0.29, 0.717) is 18.2 Å². The molecule has 0 bridgehead atoms. The van der Waals surface area contributed by atoms with Crippen molar-refractivity contribution in [3.05, 3.63) is 33.9 Å². The highest BCUT2D eigenvalue weighted by atomic mass is 19.4. The molecule has 0 radical (unpaired) electrons. The molecule has 0 atom stereocenters. The van der Waals surface area contributed by atoms with Gasteiger partial charge in [-0.05, 0) is 6.07 Å². The van der Waals surface area contributed by atoms with Crippen molar-refractivity contribution in [2.75, 3.05) is 5.32 Å². The van der Waals surface area contributed by atoms with Crippen molar-refractivity contribution in [1.82, 2.24) is 0 Å². The second-order valence-electron chi connectivity index (χ2n) is 4.21. The fourth-order valence-electron chi connectivity index (χ4n) is 1.47. The Kier molecular flexibility index (Phi) is 4.74.